The highest BCUT2D eigenvalue weighted by molar-refractivity contribution is 5.90. The van der Waals surface area contributed by atoms with Crippen LogP contribution < -0.4 is 11.2 Å². The number of phenols is 1. The van der Waals surface area contributed by atoms with Crippen molar-refractivity contribution in [3.63, 3.8) is 0 Å². The first-order valence-electron chi connectivity index (χ1n) is 4.11. The molecule has 0 spiro atoms. The van der Waals surface area contributed by atoms with Crippen LogP contribution in [-0.4, -0.2) is 5.11 Å². The molecule has 0 fully saturated rings. The van der Waals surface area contributed by atoms with Gasteiger partial charge in [0.15, 0.2) is 11.0 Å². The van der Waals surface area contributed by atoms with E-state index in [4.69, 9.17) is 10.2 Å². The molecule has 72 valence electrons. The molecule has 0 aliphatic carbocycles. The summed E-state index contributed by atoms with van der Waals surface area (Å²) in [5.41, 5.74) is 5.76. The van der Waals surface area contributed by atoms with Crippen LogP contribution in [0.5, 0.6) is 5.75 Å². The predicted molar refractivity (Wildman–Crippen MR) is 53.3 cm³/mol. The third-order valence-corrected chi connectivity index (χ3v) is 2.04. The smallest absolute Gasteiger partial charge is 0.193 e. The molecule has 4 nitrogen and oxygen atoms in total. The minimum atomic E-state index is -0.157. The van der Waals surface area contributed by atoms with Gasteiger partial charge >= 0.3 is 0 Å². The molecule has 0 aliphatic heterocycles. The summed E-state index contributed by atoms with van der Waals surface area (Å²) in [6.45, 7) is 1.66. The Morgan fingerprint density at radius 1 is 1.43 bits per heavy atom. The highest BCUT2D eigenvalue weighted by atomic mass is 16.3. The number of phenolic OH excluding ortho intramolecular Hbond substituents is 1. The van der Waals surface area contributed by atoms with Gasteiger partial charge in [-0.2, -0.15) is 0 Å². The summed E-state index contributed by atoms with van der Waals surface area (Å²) in [6.07, 6.45) is 0. The molecule has 0 aliphatic rings. The molecule has 1 aromatic heterocycles. The molecule has 0 radical (unpaired) electrons. The van der Waals surface area contributed by atoms with Crippen LogP contribution in [-0.2, 0) is 0 Å². The Labute approximate surface area is 79.6 Å². The lowest BCUT2D eigenvalue weighted by Gasteiger charge is -2.03. The first-order valence-corrected chi connectivity index (χ1v) is 4.11. The van der Waals surface area contributed by atoms with E-state index in [1.54, 1.807) is 6.92 Å². The molecule has 1 aromatic carbocycles. The van der Waals surface area contributed by atoms with E-state index in [2.05, 4.69) is 0 Å². The fourth-order valence-electron chi connectivity index (χ4n) is 1.35. The minimum Gasteiger partial charge on any atom is -0.506 e. The van der Waals surface area contributed by atoms with Gasteiger partial charge in [-0.1, -0.05) is 0 Å². The molecule has 0 saturated carbocycles. The number of hydrogen-bond acceptors (Lipinski definition) is 4. The van der Waals surface area contributed by atoms with Crippen LogP contribution in [0.25, 0.3) is 11.0 Å². The minimum absolute atomic E-state index is 0.0775. The Balaban J connectivity index is 3.03. The van der Waals surface area contributed by atoms with Gasteiger partial charge in [0.05, 0.1) is 5.39 Å². The molecule has 1 heterocycles. The number of nitrogens with two attached hydrogens (primary N) is 1. The first-order chi connectivity index (χ1) is 6.59. The zero-order chi connectivity index (χ0) is 10.3. The zero-order valence-electron chi connectivity index (χ0n) is 7.57. The number of rotatable bonds is 0. The van der Waals surface area contributed by atoms with E-state index in [1.165, 1.54) is 18.2 Å². The predicted octanol–water partition coefficient (Wildman–Crippen LogP) is 1.39. The maximum absolute atomic E-state index is 11.5. The Bertz CT molecular complexity index is 557. The van der Waals surface area contributed by atoms with E-state index < -0.39 is 0 Å². The summed E-state index contributed by atoms with van der Waals surface area (Å²) in [4.78, 5) is 11.5. The van der Waals surface area contributed by atoms with Gasteiger partial charge in [0.1, 0.15) is 17.2 Å². The third-order valence-electron chi connectivity index (χ3n) is 2.04. The van der Waals surface area contributed by atoms with Gasteiger partial charge in [-0.3, -0.25) is 4.79 Å². The topological polar surface area (TPSA) is 76.5 Å². The molecular formula is C10H9NO3. The van der Waals surface area contributed by atoms with Gasteiger partial charge in [0.25, 0.3) is 0 Å². The number of aryl methyl sites for hydroxylation is 1. The van der Waals surface area contributed by atoms with Crippen molar-refractivity contribution in [2.75, 3.05) is 5.73 Å². The number of hydrogen-bond donors (Lipinski definition) is 2. The van der Waals surface area contributed by atoms with E-state index in [0.717, 1.165) is 0 Å². The van der Waals surface area contributed by atoms with E-state index >= 15 is 0 Å². The molecule has 2 aromatic rings. The van der Waals surface area contributed by atoms with Crippen LogP contribution in [0.4, 0.5) is 5.69 Å². The van der Waals surface area contributed by atoms with Crippen molar-refractivity contribution >= 4 is 16.7 Å². The lowest BCUT2D eigenvalue weighted by Crippen LogP contribution is -2.01. The van der Waals surface area contributed by atoms with Gasteiger partial charge in [-0.05, 0) is 19.1 Å². The summed E-state index contributed by atoms with van der Waals surface area (Å²) < 4.78 is 5.27. The van der Waals surface area contributed by atoms with Crippen LogP contribution in [0.2, 0.25) is 0 Å². The van der Waals surface area contributed by atoms with Gasteiger partial charge < -0.3 is 15.3 Å². The van der Waals surface area contributed by atoms with Gasteiger partial charge in [0.2, 0.25) is 0 Å². The SMILES string of the molecule is Cc1cc(=O)c2ccc(O)c(N)c2o1. The van der Waals surface area contributed by atoms with Crippen molar-refractivity contribution in [1.29, 1.82) is 0 Å². The summed E-state index contributed by atoms with van der Waals surface area (Å²) in [5.74, 6) is 0.394. The first kappa shape index (κ1) is 8.62. The van der Waals surface area contributed by atoms with E-state index in [1.807, 2.05) is 0 Å². The largest absolute Gasteiger partial charge is 0.506 e. The second kappa shape index (κ2) is 2.77. The Kier molecular flexibility index (Phi) is 1.70. The molecule has 4 heteroatoms. The summed E-state index contributed by atoms with van der Waals surface area (Å²) in [5, 5.41) is 9.69. The van der Waals surface area contributed by atoms with Crippen molar-refractivity contribution in [3.8, 4) is 5.75 Å². The quantitative estimate of drug-likeness (QED) is 0.487. The number of nitrogen functional groups attached to an aromatic ring is 1. The van der Waals surface area contributed by atoms with Crippen LogP contribution in [0, 0.1) is 6.92 Å². The fourth-order valence-corrected chi connectivity index (χ4v) is 1.35. The monoisotopic (exact) mass is 191 g/mol. The molecule has 0 unspecified atom stereocenters. The zero-order valence-corrected chi connectivity index (χ0v) is 7.57. The van der Waals surface area contributed by atoms with Crippen molar-refractivity contribution in [3.05, 3.63) is 34.2 Å². The summed E-state index contributed by atoms with van der Waals surface area (Å²) in [6, 6.07) is 4.26. The van der Waals surface area contributed by atoms with Crippen molar-refractivity contribution in [2.24, 2.45) is 0 Å². The molecule has 0 amide bonds. The summed E-state index contributed by atoms with van der Waals surface area (Å²) >= 11 is 0. The molecule has 3 N–H and O–H groups in total. The van der Waals surface area contributed by atoms with Gasteiger partial charge in [-0.15, -0.1) is 0 Å². The standard InChI is InChI=1S/C10H9NO3/c1-5-4-8(13)6-2-3-7(12)9(11)10(6)14-5/h2-4,12H,11H2,1H3. The average Bonchev–Trinajstić information content (AvgIpc) is 2.12. The lowest BCUT2D eigenvalue weighted by molar-refractivity contribution is 0.476. The molecule has 0 saturated heterocycles. The van der Waals surface area contributed by atoms with Gasteiger partial charge in [0, 0.05) is 6.07 Å². The van der Waals surface area contributed by atoms with E-state index in [-0.39, 0.29) is 22.4 Å². The third kappa shape index (κ3) is 1.12. The number of fused-ring (bicyclic) bond motifs is 1. The number of aromatic hydroxyl groups is 1. The fraction of sp³-hybridized carbons (Fsp3) is 0.100. The van der Waals surface area contributed by atoms with Crippen LogP contribution in [0.3, 0.4) is 0 Å². The lowest BCUT2D eigenvalue weighted by atomic mass is 10.2. The maximum atomic E-state index is 11.5. The second-order valence-electron chi connectivity index (χ2n) is 3.10. The molecular weight excluding hydrogens is 182 g/mol. The summed E-state index contributed by atoms with van der Waals surface area (Å²) in [7, 11) is 0. The van der Waals surface area contributed by atoms with Gasteiger partial charge in [-0.25, -0.2) is 0 Å². The van der Waals surface area contributed by atoms with E-state index in [9.17, 15) is 9.90 Å². The molecule has 14 heavy (non-hydrogen) atoms. The second-order valence-corrected chi connectivity index (χ2v) is 3.10. The number of benzene rings is 1. The van der Waals surface area contributed by atoms with Crippen LogP contribution in [0.1, 0.15) is 5.76 Å². The van der Waals surface area contributed by atoms with Crippen molar-refractivity contribution in [1.82, 2.24) is 0 Å². The Morgan fingerprint density at radius 2 is 2.14 bits per heavy atom. The normalized spacial score (nSPS) is 10.6. The van der Waals surface area contributed by atoms with Crippen molar-refractivity contribution in [2.45, 2.75) is 6.92 Å². The van der Waals surface area contributed by atoms with Crippen LogP contribution in [0.15, 0.2) is 27.4 Å². The molecule has 0 bridgehead atoms. The Morgan fingerprint density at radius 3 is 2.86 bits per heavy atom. The molecule has 0 atom stereocenters. The van der Waals surface area contributed by atoms with Crippen molar-refractivity contribution < 1.29 is 9.52 Å². The highest BCUT2D eigenvalue weighted by Crippen LogP contribution is 2.28. The molecule has 2 rings (SSSR count). The average molecular weight is 191 g/mol. The number of anilines is 1. The maximum Gasteiger partial charge on any atom is 0.193 e. The Hall–Kier alpha value is -1.97. The van der Waals surface area contributed by atoms with Crippen LogP contribution >= 0.6 is 0 Å². The highest BCUT2D eigenvalue weighted by Gasteiger charge is 2.08. The van der Waals surface area contributed by atoms with E-state index in [0.29, 0.717) is 11.1 Å².